The summed E-state index contributed by atoms with van der Waals surface area (Å²) in [5, 5.41) is 7.29. The van der Waals surface area contributed by atoms with Gasteiger partial charge in [-0.25, -0.2) is 12.7 Å². The summed E-state index contributed by atoms with van der Waals surface area (Å²) >= 11 is 0. The van der Waals surface area contributed by atoms with Crippen LogP contribution in [0.25, 0.3) is 0 Å². The molecule has 5 nitrogen and oxygen atoms in total. The van der Waals surface area contributed by atoms with E-state index < -0.39 is 21.2 Å². The highest BCUT2D eigenvalue weighted by atomic mass is 32.2. The van der Waals surface area contributed by atoms with Crippen molar-refractivity contribution in [3.8, 4) is 0 Å². The van der Waals surface area contributed by atoms with E-state index in [1.54, 1.807) is 6.92 Å². The average molecular weight is 237 g/mol. The maximum Gasteiger partial charge on any atom is 0.323 e. The highest BCUT2D eigenvalue weighted by Gasteiger charge is 2.33. The Labute approximate surface area is 91.1 Å². The first kappa shape index (κ1) is 14.4. The van der Waals surface area contributed by atoms with E-state index in [9.17, 15) is 13.2 Å². The summed E-state index contributed by atoms with van der Waals surface area (Å²) in [7, 11) is -2.30. The van der Waals surface area contributed by atoms with Gasteiger partial charge in [0.15, 0.2) is 5.25 Å². The third-order valence-corrected chi connectivity index (χ3v) is 4.78. The number of hydrogen-bond acceptors (Lipinski definition) is 3. The average Bonchev–Trinajstić information content (AvgIpc) is 2.15. The van der Waals surface area contributed by atoms with Gasteiger partial charge in [0.1, 0.15) is 0 Å². The molecule has 0 saturated heterocycles. The molecule has 0 rings (SSSR count). The van der Waals surface area contributed by atoms with Crippen LogP contribution < -0.4 is 0 Å². The molecule has 0 aliphatic rings. The lowest BCUT2D eigenvalue weighted by Gasteiger charge is -2.25. The maximum absolute atomic E-state index is 11.7. The first-order valence-electron chi connectivity index (χ1n) is 4.94. The summed E-state index contributed by atoms with van der Waals surface area (Å²) in [6, 6.07) is -0.165. The van der Waals surface area contributed by atoms with E-state index in [2.05, 4.69) is 0 Å². The molecule has 0 bridgehead atoms. The van der Waals surface area contributed by atoms with Crippen LogP contribution in [-0.2, 0) is 14.8 Å². The lowest BCUT2D eigenvalue weighted by molar-refractivity contribution is -0.136. The molecule has 0 saturated carbocycles. The van der Waals surface area contributed by atoms with Gasteiger partial charge in [0.05, 0.1) is 0 Å². The second-order valence-corrected chi connectivity index (χ2v) is 5.99. The summed E-state index contributed by atoms with van der Waals surface area (Å²) in [5.74, 6) is -1.31. The van der Waals surface area contributed by atoms with Crippen molar-refractivity contribution in [1.29, 1.82) is 0 Å². The summed E-state index contributed by atoms with van der Waals surface area (Å²) < 4.78 is 24.6. The van der Waals surface area contributed by atoms with Gasteiger partial charge in [-0.3, -0.25) is 4.79 Å². The Morgan fingerprint density at radius 1 is 1.40 bits per heavy atom. The minimum absolute atomic E-state index is 0.165. The molecule has 0 aliphatic heterocycles. The van der Waals surface area contributed by atoms with Gasteiger partial charge < -0.3 is 5.11 Å². The number of carboxylic acid groups (broad SMARTS) is 1. The standard InChI is InChI=1S/C9H19NO4S/c1-5-6-7(2)10(4)15(13,14)8(3)9(11)12/h7-8H,5-6H2,1-4H3,(H,11,12). The predicted molar refractivity (Wildman–Crippen MR) is 58.2 cm³/mol. The highest BCUT2D eigenvalue weighted by molar-refractivity contribution is 7.90. The minimum Gasteiger partial charge on any atom is -0.480 e. The maximum atomic E-state index is 11.7. The van der Waals surface area contributed by atoms with Gasteiger partial charge in [0.25, 0.3) is 0 Å². The first-order valence-corrected chi connectivity index (χ1v) is 6.45. The van der Waals surface area contributed by atoms with Crippen LogP contribution in [0.15, 0.2) is 0 Å². The summed E-state index contributed by atoms with van der Waals surface area (Å²) in [4.78, 5) is 10.6. The van der Waals surface area contributed by atoms with E-state index in [4.69, 9.17) is 5.11 Å². The molecule has 0 fully saturated rings. The molecular formula is C9H19NO4S. The normalized spacial score (nSPS) is 16.3. The Balaban J connectivity index is 4.80. The number of sulfonamides is 1. The van der Waals surface area contributed by atoms with Crippen molar-refractivity contribution in [2.75, 3.05) is 7.05 Å². The van der Waals surface area contributed by atoms with E-state index in [1.807, 2.05) is 6.92 Å². The molecule has 0 radical (unpaired) electrons. The van der Waals surface area contributed by atoms with Crippen molar-refractivity contribution in [3.63, 3.8) is 0 Å². The monoisotopic (exact) mass is 237 g/mol. The number of rotatable bonds is 6. The lowest BCUT2D eigenvalue weighted by Crippen LogP contribution is -2.43. The van der Waals surface area contributed by atoms with Crippen molar-refractivity contribution < 1.29 is 18.3 Å². The van der Waals surface area contributed by atoms with Gasteiger partial charge in [-0.15, -0.1) is 0 Å². The topological polar surface area (TPSA) is 74.7 Å². The van der Waals surface area contributed by atoms with Crippen LogP contribution in [0, 0.1) is 0 Å². The Morgan fingerprint density at radius 2 is 1.87 bits per heavy atom. The molecule has 1 N–H and O–H groups in total. The van der Waals surface area contributed by atoms with Crippen LogP contribution in [0.4, 0.5) is 0 Å². The third kappa shape index (κ3) is 3.46. The minimum atomic E-state index is -3.73. The molecule has 2 atom stereocenters. The molecule has 0 aromatic rings. The fourth-order valence-electron chi connectivity index (χ4n) is 1.23. The van der Waals surface area contributed by atoms with Crippen LogP contribution >= 0.6 is 0 Å². The first-order chi connectivity index (χ1) is 6.75. The number of carboxylic acids is 1. The fraction of sp³-hybridized carbons (Fsp3) is 0.889. The van der Waals surface area contributed by atoms with Crippen molar-refractivity contribution in [2.24, 2.45) is 0 Å². The molecule has 0 aromatic heterocycles. The van der Waals surface area contributed by atoms with Crippen LogP contribution in [0.5, 0.6) is 0 Å². The summed E-state index contributed by atoms with van der Waals surface area (Å²) in [6.07, 6.45) is 1.59. The van der Waals surface area contributed by atoms with Crippen LogP contribution in [-0.4, -0.2) is 42.1 Å². The SMILES string of the molecule is CCCC(C)N(C)S(=O)(=O)C(C)C(=O)O. The smallest absolute Gasteiger partial charge is 0.323 e. The quantitative estimate of drug-likeness (QED) is 0.745. The zero-order valence-electron chi connectivity index (χ0n) is 9.60. The summed E-state index contributed by atoms with van der Waals surface area (Å²) in [5.41, 5.74) is 0. The number of nitrogens with zero attached hydrogens (tertiary/aromatic N) is 1. The largest absolute Gasteiger partial charge is 0.480 e. The molecule has 0 amide bonds. The van der Waals surface area contributed by atoms with Crippen molar-refractivity contribution >= 4 is 16.0 Å². The predicted octanol–water partition coefficient (Wildman–Crippen LogP) is 0.910. The van der Waals surface area contributed by atoms with Crippen LogP contribution in [0.3, 0.4) is 0 Å². The van der Waals surface area contributed by atoms with Gasteiger partial charge in [-0.05, 0) is 20.3 Å². The second kappa shape index (κ2) is 5.46. The Morgan fingerprint density at radius 3 is 2.20 bits per heavy atom. The number of hydrogen-bond donors (Lipinski definition) is 1. The van der Waals surface area contributed by atoms with Crippen LogP contribution in [0.2, 0.25) is 0 Å². The third-order valence-electron chi connectivity index (χ3n) is 2.52. The molecule has 0 spiro atoms. The van der Waals surface area contributed by atoms with E-state index in [0.29, 0.717) is 0 Å². The lowest BCUT2D eigenvalue weighted by atomic mass is 10.2. The van der Waals surface area contributed by atoms with E-state index >= 15 is 0 Å². The van der Waals surface area contributed by atoms with Gasteiger partial charge in [0.2, 0.25) is 10.0 Å². The molecular weight excluding hydrogens is 218 g/mol. The van der Waals surface area contributed by atoms with Gasteiger partial charge in [0, 0.05) is 13.1 Å². The van der Waals surface area contributed by atoms with Gasteiger partial charge in [-0.1, -0.05) is 13.3 Å². The Bertz CT molecular complexity index is 312. The molecule has 15 heavy (non-hydrogen) atoms. The number of aliphatic carboxylic acids is 1. The van der Waals surface area contributed by atoms with Crippen molar-refractivity contribution in [1.82, 2.24) is 4.31 Å². The van der Waals surface area contributed by atoms with Crippen molar-refractivity contribution in [3.05, 3.63) is 0 Å². The fourth-order valence-corrected chi connectivity index (χ4v) is 2.59. The van der Waals surface area contributed by atoms with E-state index in [0.717, 1.165) is 17.1 Å². The molecule has 0 aliphatic carbocycles. The molecule has 0 heterocycles. The second-order valence-electron chi connectivity index (χ2n) is 3.68. The van der Waals surface area contributed by atoms with Gasteiger partial charge >= 0.3 is 5.97 Å². The Hall–Kier alpha value is -0.620. The number of carbonyl (C=O) groups is 1. The van der Waals surface area contributed by atoms with Crippen LogP contribution in [0.1, 0.15) is 33.6 Å². The van der Waals surface area contributed by atoms with E-state index in [-0.39, 0.29) is 6.04 Å². The molecule has 6 heteroatoms. The zero-order valence-corrected chi connectivity index (χ0v) is 10.4. The molecule has 0 aromatic carbocycles. The summed E-state index contributed by atoms with van der Waals surface area (Å²) in [6.45, 7) is 4.92. The van der Waals surface area contributed by atoms with E-state index in [1.165, 1.54) is 14.0 Å². The highest BCUT2D eigenvalue weighted by Crippen LogP contribution is 2.13. The zero-order chi connectivity index (χ0) is 12.2. The van der Waals surface area contributed by atoms with Crippen molar-refractivity contribution in [2.45, 2.75) is 44.9 Å². The molecule has 2 unspecified atom stereocenters. The van der Waals surface area contributed by atoms with Gasteiger partial charge in [-0.2, -0.15) is 0 Å². The Kier molecular flexibility index (Phi) is 5.23. The molecule has 90 valence electrons.